The molecule has 0 aromatic carbocycles. The third-order valence-corrected chi connectivity index (χ3v) is 0.796. The molecule has 0 saturated carbocycles. The van der Waals surface area contributed by atoms with E-state index in [1.54, 1.807) is 0 Å². The fourth-order valence-corrected chi connectivity index (χ4v) is 0. The van der Waals surface area contributed by atoms with Crippen LogP contribution in [0.1, 0.15) is 0 Å². The first-order chi connectivity index (χ1) is 4.18. The van der Waals surface area contributed by atoms with Gasteiger partial charge in [-0.2, -0.15) is 12.6 Å². The zero-order valence-electron chi connectivity index (χ0n) is 4.95. The predicted octanol–water partition coefficient (Wildman–Crippen LogP) is -0.116. The summed E-state index contributed by atoms with van der Waals surface area (Å²) >= 11 is 1.74. The molecule has 0 fully saturated rings. The molecule has 5 heteroatoms. The van der Waals surface area contributed by atoms with Gasteiger partial charge in [0.05, 0.1) is 0 Å². The van der Waals surface area contributed by atoms with Crippen LogP contribution < -0.4 is 5.73 Å². The number of nitrogens with two attached hydrogens (primary N) is 1. The molecule has 0 aromatic rings. The Morgan fingerprint density at radius 2 is 2.11 bits per heavy atom. The van der Waals surface area contributed by atoms with Crippen LogP contribution in [0.2, 0.25) is 0 Å². The second-order valence-electron chi connectivity index (χ2n) is 0.939. The van der Waals surface area contributed by atoms with Crippen LogP contribution in [0.25, 0.3) is 0 Å². The van der Waals surface area contributed by atoms with Crippen molar-refractivity contribution in [2.45, 2.75) is 0 Å². The minimum atomic E-state index is -2.06. The molecule has 1 atom stereocenters. The van der Waals surface area contributed by atoms with Crippen LogP contribution in [0.15, 0.2) is 12.0 Å². The quantitative estimate of drug-likeness (QED) is 0.446. The second kappa shape index (κ2) is 11.0. The number of rotatable bonds is 2. The molecule has 0 rings (SSSR count). The molecule has 0 bridgehead atoms. The second-order valence-corrected chi connectivity index (χ2v) is 2.24. The van der Waals surface area contributed by atoms with Crippen LogP contribution in [0, 0.1) is 0 Å². The Morgan fingerprint density at radius 1 is 1.89 bits per heavy atom. The molecule has 1 unspecified atom stereocenters. The van der Waals surface area contributed by atoms with Crippen LogP contribution in [0.3, 0.4) is 0 Å². The first kappa shape index (κ1) is 11.9. The third-order valence-electron chi connectivity index (χ3n) is 0.265. The van der Waals surface area contributed by atoms with Gasteiger partial charge in [-0.1, -0.05) is 6.58 Å². The molecule has 0 aliphatic rings. The molecule has 0 heterocycles. The number of thiol groups is 1. The van der Waals surface area contributed by atoms with Gasteiger partial charge in [0.15, 0.2) is 0 Å². The highest BCUT2D eigenvalue weighted by atomic mass is 32.2. The fourth-order valence-electron chi connectivity index (χ4n) is 0. The van der Waals surface area contributed by atoms with Crippen LogP contribution in [0.5, 0.6) is 0 Å². The van der Waals surface area contributed by atoms with E-state index in [4.69, 9.17) is 5.73 Å². The van der Waals surface area contributed by atoms with Gasteiger partial charge in [-0.05, 0) is 16.5 Å². The SMILES string of the molecule is C=CS(=O)[O-].NCCS. The van der Waals surface area contributed by atoms with E-state index in [0.29, 0.717) is 6.54 Å². The summed E-state index contributed by atoms with van der Waals surface area (Å²) in [4.78, 5) is 0. The smallest absolute Gasteiger partial charge is 0.00255 e. The lowest BCUT2D eigenvalue weighted by Crippen LogP contribution is -1.97. The van der Waals surface area contributed by atoms with Crippen molar-refractivity contribution < 1.29 is 8.76 Å². The van der Waals surface area contributed by atoms with E-state index in [0.717, 1.165) is 11.2 Å². The summed E-state index contributed by atoms with van der Waals surface area (Å²) in [5, 5.41) is 0.833. The number of hydrogen-bond donors (Lipinski definition) is 2. The van der Waals surface area contributed by atoms with Crippen LogP contribution in [-0.4, -0.2) is 21.1 Å². The van der Waals surface area contributed by atoms with Gasteiger partial charge in [-0.15, -0.1) is 0 Å². The van der Waals surface area contributed by atoms with Gasteiger partial charge in [0, 0.05) is 12.3 Å². The largest absolute Gasteiger partial charge is 0.769 e. The van der Waals surface area contributed by atoms with Crippen molar-refractivity contribution in [2.75, 3.05) is 12.3 Å². The third kappa shape index (κ3) is 31.0. The molecule has 0 aliphatic carbocycles. The molecule has 0 radical (unpaired) electrons. The zero-order valence-corrected chi connectivity index (χ0v) is 6.66. The van der Waals surface area contributed by atoms with Crippen molar-refractivity contribution in [3.05, 3.63) is 12.0 Å². The Morgan fingerprint density at radius 3 is 2.11 bits per heavy atom. The van der Waals surface area contributed by atoms with Gasteiger partial charge >= 0.3 is 0 Å². The van der Waals surface area contributed by atoms with Gasteiger partial charge in [-0.25, -0.2) is 0 Å². The van der Waals surface area contributed by atoms with Crippen LogP contribution >= 0.6 is 12.6 Å². The monoisotopic (exact) mass is 168 g/mol. The Bertz CT molecular complexity index is 84.6. The summed E-state index contributed by atoms with van der Waals surface area (Å²) in [6.45, 7) is 3.63. The van der Waals surface area contributed by atoms with E-state index in [1.165, 1.54) is 0 Å². The van der Waals surface area contributed by atoms with E-state index in [1.807, 2.05) is 0 Å². The molecule has 0 saturated heterocycles. The van der Waals surface area contributed by atoms with E-state index >= 15 is 0 Å². The summed E-state index contributed by atoms with van der Waals surface area (Å²) in [6, 6.07) is 0. The highest BCUT2D eigenvalue weighted by Gasteiger charge is 1.56. The van der Waals surface area contributed by atoms with Crippen LogP contribution in [0.4, 0.5) is 0 Å². The summed E-state index contributed by atoms with van der Waals surface area (Å²) in [6.07, 6.45) is 0. The van der Waals surface area contributed by atoms with Crippen molar-refractivity contribution in [1.29, 1.82) is 0 Å². The standard InChI is InChI=1S/C2H7NS.C2H4O2S/c3-1-2-4;1-2-5(3)4/h4H,1-3H2;2H,1H2,(H,3,4)/p-1. The van der Waals surface area contributed by atoms with E-state index in [2.05, 4.69) is 19.2 Å². The van der Waals surface area contributed by atoms with E-state index in [9.17, 15) is 8.76 Å². The maximum absolute atomic E-state index is 9.25. The lowest BCUT2D eigenvalue weighted by molar-refractivity contribution is 0.546. The predicted molar refractivity (Wildman–Crippen MR) is 42.0 cm³/mol. The number of hydrogen-bond acceptors (Lipinski definition) is 4. The first-order valence-electron chi connectivity index (χ1n) is 2.20. The molecule has 0 spiro atoms. The normalized spacial score (nSPS) is 11.0. The van der Waals surface area contributed by atoms with Gasteiger partial charge in [0.2, 0.25) is 0 Å². The van der Waals surface area contributed by atoms with Crippen molar-refractivity contribution in [3.8, 4) is 0 Å². The fraction of sp³-hybridized carbons (Fsp3) is 0.500. The summed E-state index contributed by atoms with van der Waals surface area (Å²) in [5.74, 6) is 0.792. The lowest BCUT2D eigenvalue weighted by atomic mass is 10.8. The van der Waals surface area contributed by atoms with Crippen LogP contribution in [-0.2, 0) is 11.1 Å². The molecular formula is C4H10NO2S2-. The highest BCUT2D eigenvalue weighted by molar-refractivity contribution is 7.82. The summed E-state index contributed by atoms with van der Waals surface area (Å²) < 4.78 is 18.5. The van der Waals surface area contributed by atoms with Gasteiger partial charge in [-0.3, -0.25) is 4.21 Å². The highest BCUT2D eigenvalue weighted by Crippen LogP contribution is 1.64. The van der Waals surface area contributed by atoms with Crippen molar-refractivity contribution >= 4 is 23.7 Å². The summed E-state index contributed by atoms with van der Waals surface area (Å²) in [5.41, 5.74) is 4.95. The average Bonchev–Trinajstić information content (AvgIpc) is 1.89. The van der Waals surface area contributed by atoms with Crippen molar-refractivity contribution in [2.24, 2.45) is 5.73 Å². The van der Waals surface area contributed by atoms with E-state index < -0.39 is 11.1 Å². The Hall–Kier alpha value is 0.160. The zero-order chi connectivity index (χ0) is 7.70. The molecule has 3 nitrogen and oxygen atoms in total. The first-order valence-corrected chi connectivity index (χ1v) is 3.97. The maximum Gasteiger partial charge on any atom is 0.00255 e. The Labute approximate surface area is 63.0 Å². The van der Waals surface area contributed by atoms with Crippen molar-refractivity contribution in [3.63, 3.8) is 0 Å². The molecule has 0 aromatic heterocycles. The Balaban J connectivity index is 0. The Kier molecular flexibility index (Phi) is 14.6. The minimum absolute atomic E-state index is 0.684. The summed E-state index contributed by atoms with van der Waals surface area (Å²) in [7, 11) is 0. The molecule has 56 valence electrons. The molecule has 2 N–H and O–H groups in total. The van der Waals surface area contributed by atoms with E-state index in [-0.39, 0.29) is 0 Å². The molecular weight excluding hydrogens is 158 g/mol. The van der Waals surface area contributed by atoms with Gasteiger partial charge in [0.1, 0.15) is 0 Å². The molecule has 0 amide bonds. The van der Waals surface area contributed by atoms with Crippen molar-refractivity contribution in [1.82, 2.24) is 0 Å². The topological polar surface area (TPSA) is 66.1 Å². The lowest BCUT2D eigenvalue weighted by Gasteiger charge is -1.88. The maximum atomic E-state index is 9.25. The van der Waals surface area contributed by atoms with Gasteiger partial charge in [0.25, 0.3) is 0 Å². The molecule has 0 aliphatic heterocycles. The minimum Gasteiger partial charge on any atom is -0.769 e. The molecule has 9 heavy (non-hydrogen) atoms. The van der Waals surface area contributed by atoms with Gasteiger partial charge < -0.3 is 10.3 Å². The average molecular weight is 168 g/mol.